The van der Waals surface area contributed by atoms with Crippen LogP contribution in [-0.4, -0.2) is 46.0 Å². The molecule has 0 spiro atoms. The SMILES string of the molecule is COCCCNc1nc2c(c(=O)[nH]c(=O)n2C)n1CCCOc1ccccc1. The van der Waals surface area contributed by atoms with Crippen LogP contribution >= 0.6 is 0 Å². The van der Waals surface area contributed by atoms with Gasteiger partial charge < -0.3 is 19.4 Å². The first-order valence-electron chi connectivity index (χ1n) is 9.22. The van der Waals surface area contributed by atoms with Gasteiger partial charge in [-0.3, -0.25) is 14.3 Å². The molecule has 0 aliphatic carbocycles. The Morgan fingerprint density at radius 2 is 1.93 bits per heavy atom. The van der Waals surface area contributed by atoms with E-state index < -0.39 is 11.2 Å². The summed E-state index contributed by atoms with van der Waals surface area (Å²) in [4.78, 5) is 31.1. The molecular formula is C19H25N5O4. The first-order valence-corrected chi connectivity index (χ1v) is 9.22. The Kier molecular flexibility index (Phi) is 6.49. The van der Waals surface area contributed by atoms with Crippen LogP contribution in [0.15, 0.2) is 39.9 Å². The number of aryl methyl sites for hydroxylation is 2. The number of hydrogen-bond acceptors (Lipinski definition) is 6. The summed E-state index contributed by atoms with van der Waals surface area (Å²) >= 11 is 0. The van der Waals surface area contributed by atoms with E-state index in [4.69, 9.17) is 9.47 Å². The molecule has 150 valence electrons. The molecule has 1 aromatic carbocycles. The molecule has 0 unspecified atom stereocenters. The number of nitrogens with zero attached hydrogens (tertiary/aromatic N) is 3. The number of fused-ring (bicyclic) bond motifs is 1. The van der Waals surface area contributed by atoms with Crippen molar-refractivity contribution < 1.29 is 9.47 Å². The Morgan fingerprint density at radius 1 is 1.14 bits per heavy atom. The van der Waals surface area contributed by atoms with Gasteiger partial charge in [-0.1, -0.05) is 18.2 Å². The van der Waals surface area contributed by atoms with Crippen LogP contribution in [-0.2, 0) is 18.3 Å². The van der Waals surface area contributed by atoms with Crippen molar-refractivity contribution in [3.63, 3.8) is 0 Å². The Balaban J connectivity index is 1.79. The fourth-order valence-electron chi connectivity index (χ4n) is 2.93. The summed E-state index contributed by atoms with van der Waals surface area (Å²) in [6.45, 7) is 2.29. The molecule has 0 saturated heterocycles. The van der Waals surface area contributed by atoms with Gasteiger partial charge in [0.1, 0.15) is 5.75 Å². The number of aromatic nitrogens is 4. The summed E-state index contributed by atoms with van der Waals surface area (Å²) in [7, 11) is 3.24. The van der Waals surface area contributed by atoms with E-state index in [0.717, 1.165) is 12.2 Å². The molecule has 9 nitrogen and oxygen atoms in total. The van der Waals surface area contributed by atoms with Gasteiger partial charge in [-0.15, -0.1) is 0 Å². The van der Waals surface area contributed by atoms with Crippen LogP contribution in [0.2, 0.25) is 0 Å². The van der Waals surface area contributed by atoms with Crippen LogP contribution in [0.25, 0.3) is 11.2 Å². The zero-order valence-corrected chi connectivity index (χ0v) is 16.1. The minimum Gasteiger partial charge on any atom is -0.494 e. The van der Waals surface area contributed by atoms with E-state index in [2.05, 4.69) is 15.3 Å². The highest BCUT2D eigenvalue weighted by atomic mass is 16.5. The van der Waals surface area contributed by atoms with Crippen molar-refractivity contribution in [2.24, 2.45) is 7.05 Å². The summed E-state index contributed by atoms with van der Waals surface area (Å²) < 4.78 is 13.9. The topological polar surface area (TPSA) is 103 Å². The molecule has 2 heterocycles. The second kappa shape index (κ2) is 9.23. The maximum atomic E-state index is 12.4. The van der Waals surface area contributed by atoms with Crippen molar-refractivity contribution in [1.29, 1.82) is 0 Å². The van der Waals surface area contributed by atoms with Crippen molar-refractivity contribution in [2.45, 2.75) is 19.4 Å². The maximum absolute atomic E-state index is 12.4. The fraction of sp³-hybridized carbons (Fsp3) is 0.421. The number of nitrogens with one attached hydrogen (secondary N) is 2. The third-order valence-electron chi connectivity index (χ3n) is 4.35. The fourth-order valence-corrected chi connectivity index (χ4v) is 2.93. The van der Waals surface area contributed by atoms with Gasteiger partial charge in [0.25, 0.3) is 5.56 Å². The second-order valence-corrected chi connectivity index (χ2v) is 6.37. The Hall–Kier alpha value is -3.07. The van der Waals surface area contributed by atoms with Gasteiger partial charge in [-0.2, -0.15) is 4.98 Å². The van der Waals surface area contributed by atoms with Gasteiger partial charge >= 0.3 is 5.69 Å². The van der Waals surface area contributed by atoms with Gasteiger partial charge in [0.15, 0.2) is 11.2 Å². The summed E-state index contributed by atoms with van der Waals surface area (Å²) in [5.41, 5.74) is -0.206. The lowest BCUT2D eigenvalue weighted by Crippen LogP contribution is -2.29. The van der Waals surface area contributed by atoms with Crippen LogP contribution in [0.3, 0.4) is 0 Å². The number of imidazole rings is 1. The van der Waals surface area contributed by atoms with Crippen LogP contribution in [0.5, 0.6) is 5.75 Å². The average Bonchev–Trinajstić information content (AvgIpc) is 3.07. The van der Waals surface area contributed by atoms with Crippen molar-refractivity contribution in [1.82, 2.24) is 19.1 Å². The number of anilines is 1. The zero-order chi connectivity index (χ0) is 19.9. The summed E-state index contributed by atoms with van der Waals surface area (Å²) in [6.07, 6.45) is 1.47. The quantitative estimate of drug-likeness (QED) is 0.509. The third-order valence-corrected chi connectivity index (χ3v) is 4.35. The first kappa shape index (κ1) is 19.7. The van der Waals surface area contributed by atoms with Crippen LogP contribution in [0, 0.1) is 0 Å². The predicted octanol–water partition coefficient (Wildman–Crippen LogP) is 1.34. The minimum absolute atomic E-state index is 0.354. The van der Waals surface area contributed by atoms with Crippen molar-refractivity contribution in [3.8, 4) is 5.75 Å². The molecule has 28 heavy (non-hydrogen) atoms. The number of H-pyrrole nitrogens is 1. The number of para-hydroxylation sites is 1. The van der Waals surface area contributed by atoms with Crippen molar-refractivity contribution >= 4 is 17.1 Å². The standard InChI is InChI=1S/C19H25N5O4/c1-23-16-15(17(25)22-19(23)26)24(18(21-16)20-10-6-12-27-2)11-7-13-28-14-8-4-3-5-9-14/h3-5,8-9H,6-7,10-13H2,1-2H3,(H,20,21)(H,22,25,26). The zero-order valence-electron chi connectivity index (χ0n) is 16.1. The maximum Gasteiger partial charge on any atom is 0.329 e. The molecule has 0 radical (unpaired) electrons. The summed E-state index contributed by atoms with van der Waals surface area (Å²) in [6, 6.07) is 9.57. The number of ether oxygens (including phenoxy) is 2. The first-order chi connectivity index (χ1) is 13.6. The highest BCUT2D eigenvalue weighted by molar-refractivity contribution is 5.74. The molecule has 0 amide bonds. The van der Waals surface area contributed by atoms with Gasteiger partial charge in [-0.05, 0) is 25.0 Å². The monoisotopic (exact) mass is 387 g/mol. The molecule has 2 aromatic heterocycles. The predicted molar refractivity (Wildman–Crippen MR) is 107 cm³/mol. The number of benzene rings is 1. The minimum atomic E-state index is -0.486. The van der Waals surface area contributed by atoms with E-state index >= 15 is 0 Å². The molecule has 0 aliphatic rings. The van der Waals surface area contributed by atoms with Crippen molar-refractivity contribution in [3.05, 3.63) is 51.2 Å². The van der Waals surface area contributed by atoms with E-state index in [9.17, 15) is 9.59 Å². The summed E-state index contributed by atoms with van der Waals surface area (Å²) in [5.74, 6) is 1.36. The smallest absolute Gasteiger partial charge is 0.329 e. The van der Waals surface area contributed by atoms with Gasteiger partial charge in [0, 0.05) is 33.9 Å². The molecule has 2 N–H and O–H groups in total. The van der Waals surface area contributed by atoms with E-state index in [-0.39, 0.29) is 0 Å². The third kappa shape index (κ3) is 4.42. The van der Waals surface area contributed by atoms with Crippen LogP contribution < -0.4 is 21.3 Å². The molecule has 3 aromatic rings. The Labute approximate surface area is 161 Å². The van der Waals surface area contributed by atoms with E-state index in [1.165, 1.54) is 4.57 Å². The van der Waals surface area contributed by atoms with Gasteiger partial charge in [0.05, 0.1) is 6.61 Å². The molecule has 0 aliphatic heterocycles. The largest absolute Gasteiger partial charge is 0.494 e. The lowest BCUT2D eigenvalue weighted by Gasteiger charge is -2.11. The van der Waals surface area contributed by atoms with E-state index in [1.54, 1.807) is 18.7 Å². The molecular weight excluding hydrogens is 362 g/mol. The number of hydrogen-bond donors (Lipinski definition) is 2. The summed E-state index contributed by atoms with van der Waals surface area (Å²) in [5, 5.41) is 3.23. The Morgan fingerprint density at radius 3 is 2.68 bits per heavy atom. The molecule has 3 rings (SSSR count). The average molecular weight is 387 g/mol. The van der Waals surface area contributed by atoms with Crippen LogP contribution in [0.4, 0.5) is 5.95 Å². The molecule has 0 fully saturated rings. The second-order valence-electron chi connectivity index (χ2n) is 6.37. The van der Waals surface area contributed by atoms with Crippen molar-refractivity contribution in [2.75, 3.05) is 32.2 Å². The lowest BCUT2D eigenvalue weighted by atomic mass is 10.3. The van der Waals surface area contributed by atoms with Crippen LogP contribution in [0.1, 0.15) is 12.8 Å². The number of rotatable bonds is 10. The van der Waals surface area contributed by atoms with E-state index in [1.807, 2.05) is 30.3 Å². The molecule has 0 bridgehead atoms. The molecule has 9 heteroatoms. The number of methoxy groups -OCH3 is 1. The molecule has 0 atom stereocenters. The van der Waals surface area contributed by atoms with Gasteiger partial charge in [0.2, 0.25) is 5.95 Å². The molecule has 0 saturated carbocycles. The highest BCUT2D eigenvalue weighted by Gasteiger charge is 2.16. The normalized spacial score (nSPS) is 11.1. The Bertz CT molecular complexity index is 1020. The lowest BCUT2D eigenvalue weighted by molar-refractivity contribution is 0.197. The van der Waals surface area contributed by atoms with E-state index in [0.29, 0.717) is 49.8 Å². The highest BCUT2D eigenvalue weighted by Crippen LogP contribution is 2.16. The number of aromatic amines is 1. The van der Waals surface area contributed by atoms with Gasteiger partial charge in [-0.25, -0.2) is 4.79 Å².